The minimum Gasteiger partial charge on any atom is -0.430 e. The Kier molecular flexibility index (Phi) is 10.2. The van der Waals surface area contributed by atoms with E-state index >= 15 is 0 Å². The maximum absolute atomic E-state index is 11.3. The van der Waals surface area contributed by atoms with Crippen molar-refractivity contribution >= 4 is 12.3 Å². The van der Waals surface area contributed by atoms with Crippen LogP contribution < -0.4 is 0 Å². The summed E-state index contributed by atoms with van der Waals surface area (Å²) in [6.07, 6.45) is -5.68. The standard InChI is InChI=1S/C11H20O10/c1-7(19-11(15)20-8(13)4-12)5-18-10(14)21-9(17-3)6-16-2/h7-9,12-13H,4-6H2,1-3H3. The first kappa shape index (κ1) is 19.4. The van der Waals surface area contributed by atoms with Gasteiger partial charge in [0.2, 0.25) is 12.6 Å². The third-order valence-corrected chi connectivity index (χ3v) is 1.92. The second-order valence-corrected chi connectivity index (χ2v) is 3.73. The predicted molar refractivity (Wildman–Crippen MR) is 65.2 cm³/mol. The van der Waals surface area contributed by atoms with Crippen LogP contribution in [0.15, 0.2) is 0 Å². The fraction of sp³-hybridized carbons (Fsp3) is 0.818. The number of hydrogen-bond donors (Lipinski definition) is 2. The maximum Gasteiger partial charge on any atom is 0.511 e. The molecule has 0 aromatic heterocycles. The first-order chi connectivity index (χ1) is 9.92. The van der Waals surface area contributed by atoms with E-state index in [1.54, 1.807) is 0 Å². The number of hydrogen-bond acceptors (Lipinski definition) is 10. The summed E-state index contributed by atoms with van der Waals surface area (Å²) in [6.45, 7) is 0.392. The van der Waals surface area contributed by atoms with Gasteiger partial charge in [0.25, 0.3) is 0 Å². The number of rotatable bonds is 9. The highest BCUT2D eigenvalue weighted by molar-refractivity contribution is 5.61. The van der Waals surface area contributed by atoms with Crippen LogP contribution in [0, 0.1) is 0 Å². The largest absolute Gasteiger partial charge is 0.511 e. The fourth-order valence-electron chi connectivity index (χ4n) is 0.987. The molecule has 0 rings (SSSR count). The lowest BCUT2D eigenvalue weighted by molar-refractivity contribution is -0.137. The van der Waals surface area contributed by atoms with Gasteiger partial charge in [-0.15, -0.1) is 0 Å². The highest BCUT2D eigenvalue weighted by atomic mass is 16.8. The smallest absolute Gasteiger partial charge is 0.430 e. The van der Waals surface area contributed by atoms with Crippen LogP contribution in [0.25, 0.3) is 0 Å². The molecule has 0 saturated carbocycles. The Labute approximate surface area is 121 Å². The number of carbonyl (C=O) groups excluding carboxylic acids is 2. The molecule has 21 heavy (non-hydrogen) atoms. The molecule has 0 aliphatic heterocycles. The van der Waals surface area contributed by atoms with Gasteiger partial charge in [-0.05, 0) is 6.92 Å². The number of carbonyl (C=O) groups is 2. The Morgan fingerprint density at radius 2 is 1.71 bits per heavy atom. The molecule has 0 aromatic carbocycles. The summed E-state index contributed by atoms with van der Waals surface area (Å²) in [6, 6.07) is 0. The van der Waals surface area contributed by atoms with Crippen LogP contribution in [-0.2, 0) is 28.4 Å². The SMILES string of the molecule is COCC(OC)OC(=O)OCC(C)OC(=O)OC(O)CO. The summed E-state index contributed by atoms with van der Waals surface area (Å²) in [5.74, 6) is 0. The second-order valence-electron chi connectivity index (χ2n) is 3.73. The molecular formula is C11H20O10. The first-order valence-electron chi connectivity index (χ1n) is 5.94. The van der Waals surface area contributed by atoms with E-state index in [2.05, 4.69) is 14.2 Å². The number of ether oxygens (including phenoxy) is 6. The Morgan fingerprint density at radius 3 is 2.24 bits per heavy atom. The molecule has 3 unspecified atom stereocenters. The maximum atomic E-state index is 11.3. The average molecular weight is 312 g/mol. The van der Waals surface area contributed by atoms with Crippen molar-refractivity contribution < 1.29 is 48.2 Å². The number of aliphatic hydroxyl groups excluding tert-OH is 2. The Balaban J connectivity index is 3.93. The molecule has 0 amide bonds. The van der Waals surface area contributed by atoms with Gasteiger partial charge in [0.05, 0.1) is 0 Å². The molecule has 10 heteroatoms. The summed E-state index contributed by atoms with van der Waals surface area (Å²) >= 11 is 0. The highest BCUT2D eigenvalue weighted by Crippen LogP contribution is 2.01. The van der Waals surface area contributed by atoms with Crippen LogP contribution in [0.3, 0.4) is 0 Å². The molecule has 10 nitrogen and oxygen atoms in total. The molecule has 0 aromatic rings. The van der Waals surface area contributed by atoms with Gasteiger partial charge in [-0.1, -0.05) is 0 Å². The van der Waals surface area contributed by atoms with Crippen molar-refractivity contribution in [1.82, 2.24) is 0 Å². The molecular weight excluding hydrogens is 292 g/mol. The lowest BCUT2D eigenvalue weighted by Gasteiger charge is -2.17. The fourth-order valence-corrected chi connectivity index (χ4v) is 0.987. The lowest BCUT2D eigenvalue weighted by atomic mass is 10.4. The van der Waals surface area contributed by atoms with Crippen molar-refractivity contribution in [2.45, 2.75) is 25.6 Å². The molecule has 0 radical (unpaired) electrons. The van der Waals surface area contributed by atoms with E-state index in [9.17, 15) is 9.59 Å². The van der Waals surface area contributed by atoms with Gasteiger partial charge in [-0.2, -0.15) is 0 Å². The van der Waals surface area contributed by atoms with Crippen LogP contribution in [-0.4, -0.2) is 75.2 Å². The third kappa shape index (κ3) is 9.85. The monoisotopic (exact) mass is 312 g/mol. The first-order valence-corrected chi connectivity index (χ1v) is 5.94. The summed E-state index contributed by atoms with van der Waals surface area (Å²) in [4.78, 5) is 22.3. The van der Waals surface area contributed by atoms with E-state index in [1.165, 1.54) is 21.1 Å². The van der Waals surface area contributed by atoms with E-state index in [-0.39, 0.29) is 13.2 Å². The normalized spacial score (nSPS) is 14.7. The molecule has 3 atom stereocenters. The molecule has 2 N–H and O–H groups in total. The van der Waals surface area contributed by atoms with Gasteiger partial charge < -0.3 is 38.6 Å². The van der Waals surface area contributed by atoms with Crippen molar-refractivity contribution in [3.63, 3.8) is 0 Å². The molecule has 0 fully saturated rings. The minimum atomic E-state index is -1.67. The molecule has 0 heterocycles. The Bertz CT molecular complexity index is 307. The van der Waals surface area contributed by atoms with Crippen LogP contribution in [0.1, 0.15) is 6.92 Å². The summed E-state index contributed by atoms with van der Waals surface area (Å²) in [5.41, 5.74) is 0. The third-order valence-electron chi connectivity index (χ3n) is 1.92. The van der Waals surface area contributed by atoms with Crippen molar-refractivity contribution in [2.24, 2.45) is 0 Å². The van der Waals surface area contributed by atoms with E-state index < -0.39 is 37.6 Å². The Morgan fingerprint density at radius 1 is 1.05 bits per heavy atom. The average Bonchev–Trinajstić information content (AvgIpc) is 2.44. The minimum absolute atomic E-state index is 0.0308. The molecule has 0 aliphatic carbocycles. The molecule has 0 saturated heterocycles. The van der Waals surface area contributed by atoms with Crippen LogP contribution in [0.2, 0.25) is 0 Å². The van der Waals surface area contributed by atoms with E-state index in [4.69, 9.17) is 24.4 Å². The van der Waals surface area contributed by atoms with Crippen molar-refractivity contribution in [3.8, 4) is 0 Å². The number of aliphatic hydroxyl groups is 2. The Hall–Kier alpha value is -1.62. The highest BCUT2D eigenvalue weighted by Gasteiger charge is 2.18. The van der Waals surface area contributed by atoms with E-state index in [0.717, 1.165) is 0 Å². The zero-order chi connectivity index (χ0) is 16.3. The predicted octanol–water partition coefficient (Wildman–Crippen LogP) is -0.389. The van der Waals surface area contributed by atoms with Gasteiger partial charge in [0.1, 0.15) is 25.9 Å². The van der Waals surface area contributed by atoms with Gasteiger partial charge in [-0.3, -0.25) is 0 Å². The van der Waals surface area contributed by atoms with Gasteiger partial charge in [0, 0.05) is 14.2 Å². The van der Waals surface area contributed by atoms with Crippen molar-refractivity contribution in [1.29, 1.82) is 0 Å². The molecule has 0 bridgehead atoms. The summed E-state index contributed by atoms with van der Waals surface area (Å²) in [5, 5.41) is 17.3. The topological polar surface area (TPSA) is 130 Å². The second kappa shape index (κ2) is 11.1. The lowest BCUT2D eigenvalue weighted by Crippen LogP contribution is -2.29. The van der Waals surface area contributed by atoms with Gasteiger partial charge in [-0.25, -0.2) is 9.59 Å². The van der Waals surface area contributed by atoms with E-state index in [1.807, 2.05) is 0 Å². The van der Waals surface area contributed by atoms with Crippen LogP contribution in [0.4, 0.5) is 9.59 Å². The van der Waals surface area contributed by atoms with Crippen LogP contribution in [0.5, 0.6) is 0 Å². The summed E-state index contributed by atoms with van der Waals surface area (Å²) in [7, 11) is 2.73. The molecule has 0 aliphatic rings. The summed E-state index contributed by atoms with van der Waals surface area (Å²) < 4.78 is 27.8. The van der Waals surface area contributed by atoms with Crippen molar-refractivity contribution in [3.05, 3.63) is 0 Å². The molecule has 124 valence electrons. The van der Waals surface area contributed by atoms with E-state index in [0.29, 0.717) is 0 Å². The van der Waals surface area contributed by atoms with Gasteiger partial charge >= 0.3 is 12.3 Å². The quantitative estimate of drug-likeness (QED) is 0.428. The molecule has 0 spiro atoms. The number of methoxy groups -OCH3 is 2. The van der Waals surface area contributed by atoms with Gasteiger partial charge in [0.15, 0.2) is 0 Å². The van der Waals surface area contributed by atoms with Crippen molar-refractivity contribution in [2.75, 3.05) is 34.0 Å². The van der Waals surface area contributed by atoms with Crippen LogP contribution >= 0.6 is 0 Å². The zero-order valence-electron chi connectivity index (χ0n) is 12.0. The zero-order valence-corrected chi connectivity index (χ0v) is 12.0.